The second kappa shape index (κ2) is 6.07. The Kier molecular flexibility index (Phi) is 4.51. The number of alkyl halides is 1. The van der Waals surface area contributed by atoms with Gasteiger partial charge in [0.1, 0.15) is 0 Å². The zero-order valence-electron chi connectivity index (χ0n) is 11.7. The molecular weight excluding hydrogens is 416 g/mol. The molecule has 1 aliphatic carbocycles. The Morgan fingerprint density at radius 3 is 2.62 bits per heavy atom. The molecule has 2 aromatic rings. The Balaban J connectivity index is 2.15. The molecule has 0 saturated heterocycles. The van der Waals surface area contributed by atoms with Crippen molar-refractivity contribution in [3.8, 4) is 0 Å². The van der Waals surface area contributed by atoms with Crippen LogP contribution in [-0.2, 0) is 3.42 Å². The van der Waals surface area contributed by atoms with Crippen LogP contribution < -0.4 is 5.32 Å². The quantitative estimate of drug-likeness (QED) is 0.473. The fraction of sp³-hybridized carbons (Fsp3) is 0.294. The number of fused-ring (bicyclic) bond motifs is 1. The van der Waals surface area contributed by atoms with Crippen LogP contribution in [0.4, 0.5) is 0 Å². The number of benzene rings is 2. The summed E-state index contributed by atoms with van der Waals surface area (Å²) in [5.41, 5.74) is 3.97. The van der Waals surface area contributed by atoms with Gasteiger partial charge in [0, 0.05) is 6.04 Å². The normalized spacial score (nSPS) is 24.7. The van der Waals surface area contributed by atoms with E-state index in [-0.39, 0.29) is 3.42 Å². The van der Waals surface area contributed by atoms with Crippen molar-refractivity contribution >= 4 is 45.8 Å². The summed E-state index contributed by atoms with van der Waals surface area (Å²) in [6.45, 7) is 0. The van der Waals surface area contributed by atoms with Crippen molar-refractivity contribution in [2.45, 2.75) is 22.3 Å². The highest BCUT2D eigenvalue weighted by Gasteiger charge is 2.38. The molecule has 1 aliphatic rings. The van der Waals surface area contributed by atoms with Crippen LogP contribution >= 0.6 is 45.8 Å². The van der Waals surface area contributed by atoms with Gasteiger partial charge in [-0.15, -0.1) is 0 Å². The molecule has 0 aliphatic heterocycles. The lowest BCUT2D eigenvalue weighted by Gasteiger charge is -2.38. The minimum atomic E-state index is -0.0457. The number of hydrogen-bond acceptors (Lipinski definition) is 1. The summed E-state index contributed by atoms with van der Waals surface area (Å²) in [5, 5.41) is 4.65. The first-order valence-corrected chi connectivity index (χ1v) is 8.81. The first-order valence-electron chi connectivity index (χ1n) is 6.97. The van der Waals surface area contributed by atoms with Crippen LogP contribution in [-0.4, -0.2) is 7.05 Å². The summed E-state index contributed by atoms with van der Waals surface area (Å²) in [4.78, 5) is 0. The zero-order valence-corrected chi connectivity index (χ0v) is 15.3. The molecule has 110 valence electrons. The molecule has 2 aromatic carbocycles. The molecule has 0 bridgehead atoms. The van der Waals surface area contributed by atoms with Gasteiger partial charge in [0.15, 0.2) is 0 Å². The second-order valence-corrected chi connectivity index (χ2v) is 8.05. The molecule has 0 aromatic heterocycles. The lowest BCUT2D eigenvalue weighted by atomic mass is 9.76. The van der Waals surface area contributed by atoms with E-state index in [0.29, 0.717) is 16.1 Å². The zero-order chi connectivity index (χ0) is 15.0. The summed E-state index contributed by atoms with van der Waals surface area (Å²) in [7, 11) is 2.03. The van der Waals surface area contributed by atoms with Gasteiger partial charge in [-0.3, -0.25) is 0 Å². The molecule has 3 rings (SSSR count). The Morgan fingerprint density at radius 1 is 1.14 bits per heavy atom. The summed E-state index contributed by atoms with van der Waals surface area (Å²) < 4.78 is -0.0457. The molecule has 2 atom stereocenters. The molecule has 0 amide bonds. The number of halogens is 3. The fourth-order valence-corrected chi connectivity index (χ4v) is 4.57. The van der Waals surface area contributed by atoms with Crippen molar-refractivity contribution in [1.29, 1.82) is 0 Å². The van der Waals surface area contributed by atoms with Crippen molar-refractivity contribution in [1.82, 2.24) is 5.32 Å². The summed E-state index contributed by atoms with van der Waals surface area (Å²) in [6.07, 6.45) is 2.19. The average Bonchev–Trinajstić information content (AvgIpc) is 2.51. The maximum atomic E-state index is 6.23. The van der Waals surface area contributed by atoms with Crippen molar-refractivity contribution < 1.29 is 0 Å². The molecule has 0 fully saturated rings. The first kappa shape index (κ1) is 15.6. The molecular formula is C17H16Cl2IN. The van der Waals surface area contributed by atoms with Crippen molar-refractivity contribution in [3.63, 3.8) is 0 Å². The van der Waals surface area contributed by atoms with Crippen LogP contribution in [0.1, 0.15) is 35.6 Å². The summed E-state index contributed by atoms with van der Waals surface area (Å²) in [6, 6.07) is 15.1. The van der Waals surface area contributed by atoms with E-state index < -0.39 is 0 Å². The van der Waals surface area contributed by atoms with E-state index in [1.54, 1.807) is 0 Å². The van der Waals surface area contributed by atoms with Gasteiger partial charge in [-0.25, -0.2) is 0 Å². The molecule has 2 unspecified atom stereocenters. The fourth-order valence-electron chi connectivity index (χ4n) is 3.14. The highest BCUT2D eigenvalue weighted by molar-refractivity contribution is 14.1. The standard InChI is InChI=1S/C17H16Cl2IN/c1-21-16-8-9-17(20,13-5-3-2-4-12(13)16)11-6-7-14(18)15(19)10-11/h2-7,10,16,21H,8-9H2,1H3. The van der Waals surface area contributed by atoms with E-state index in [2.05, 4.69) is 58.2 Å². The maximum Gasteiger partial charge on any atom is 0.0723 e. The molecule has 1 nitrogen and oxygen atoms in total. The summed E-state index contributed by atoms with van der Waals surface area (Å²) >= 11 is 14.9. The largest absolute Gasteiger partial charge is 0.313 e. The van der Waals surface area contributed by atoms with Gasteiger partial charge in [-0.05, 0) is 48.7 Å². The Bertz CT molecular complexity index is 674. The smallest absolute Gasteiger partial charge is 0.0723 e. The van der Waals surface area contributed by atoms with Crippen LogP contribution in [0.2, 0.25) is 10.0 Å². The number of hydrogen-bond donors (Lipinski definition) is 1. The molecule has 4 heteroatoms. The number of nitrogens with one attached hydrogen (secondary N) is 1. The first-order chi connectivity index (χ1) is 10.1. The van der Waals surface area contributed by atoms with Crippen molar-refractivity contribution in [2.24, 2.45) is 0 Å². The monoisotopic (exact) mass is 431 g/mol. The van der Waals surface area contributed by atoms with Crippen molar-refractivity contribution in [3.05, 3.63) is 69.2 Å². The number of rotatable bonds is 2. The van der Waals surface area contributed by atoms with Crippen LogP contribution in [0.3, 0.4) is 0 Å². The third-order valence-corrected chi connectivity index (χ3v) is 6.75. The van der Waals surface area contributed by atoms with Gasteiger partial charge >= 0.3 is 0 Å². The Morgan fingerprint density at radius 2 is 1.90 bits per heavy atom. The predicted molar refractivity (Wildman–Crippen MR) is 98.7 cm³/mol. The van der Waals surface area contributed by atoms with Gasteiger partial charge in [-0.1, -0.05) is 76.1 Å². The van der Waals surface area contributed by atoms with Gasteiger partial charge in [0.2, 0.25) is 0 Å². The third kappa shape index (κ3) is 2.72. The maximum absolute atomic E-state index is 6.23. The van der Waals surface area contributed by atoms with Crippen molar-refractivity contribution in [2.75, 3.05) is 7.05 Å². The van der Waals surface area contributed by atoms with Gasteiger partial charge in [0.05, 0.1) is 13.5 Å². The molecule has 0 spiro atoms. The SMILES string of the molecule is CNC1CCC(I)(c2ccc(Cl)c(Cl)c2)c2ccccc21. The highest BCUT2D eigenvalue weighted by Crippen LogP contribution is 2.51. The van der Waals surface area contributed by atoms with E-state index in [1.165, 1.54) is 16.7 Å². The molecule has 0 heterocycles. The van der Waals surface area contributed by atoms with E-state index >= 15 is 0 Å². The lowest BCUT2D eigenvalue weighted by molar-refractivity contribution is 0.462. The molecule has 0 radical (unpaired) electrons. The van der Waals surface area contributed by atoms with Crippen LogP contribution in [0.15, 0.2) is 42.5 Å². The van der Waals surface area contributed by atoms with Gasteiger partial charge in [-0.2, -0.15) is 0 Å². The van der Waals surface area contributed by atoms with E-state index in [9.17, 15) is 0 Å². The highest BCUT2D eigenvalue weighted by atomic mass is 127. The second-order valence-electron chi connectivity index (χ2n) is 5.40. The third-order valence-electron chi connectivity index (χ3n) is 4.27. The van der Waals surface area contributed by atoms with E-state index in [0.717, 1.165) is 12.8 Å². The van der Waals surface area contributed by atoms with Crippen LogP contribution in [0.25, 0.3) is 0 Å². The minimum Gasteiger partial charge on any atom is -0.313 e. The lowest BCUT2D eigenvalue weighted by Crippen LogP contribution is -2.32. The van der Waals surface area contributed by atoms with Crippen LogP contribution in [0, 0.1) is 0 Å². The Labute approximate surface area is 149 Å². The minimum absolute atomic E-state index is 0.0457. The van der Waals surface area contributed by atoms with Gasteiger partial charge in [0.25, 0.3) is 0 Å². The van der Waals surface area contributed by atoms with Crippen LogP contribution in [0.5, 0.6) is 0 Å². The van der Waals surface area contributed by atoms with E-state index in [1.807, 2.05) is 19.2 Å². The Hall–Kier alpha value is -0.290. The molecule has 1 N–H and O–H groups in total. The molecule has 21 heavy (non-hydrogen) atoms. The molecule has 0 saturated carbocycles. The topological polar surface area (TPSA) is 12.0 Å². The van der Waals surface area contributed by atoms with Gasteiger partial charge < -0.3 is 5.32 Å². The summed E-state index contributed by atoms with van der Waals surface area (Å²) in [5.74, 6) is 0. The van der Waals surface area contributed by atoms with E-state index in [4.69, 9.17) is 23.2 Å². The average molecular weight is 432 g/mol. The predicted octanol–water partition coefficient (Wildman–Crippen LogP) is 5.73.